The molecule has 4 N–H and O–H groups in total. The molecule has 9 nitrogen and oxygen atoms in total. The molecule has 1 aliphatic heterocycles. The predicted molar refractivity (Wildman–Crippen MR) is 163 cm³/mol. The van der Waals surface area contributed by atoms with E-state index in [0.717, 1.165) is 34.9 Å². The second-order valence-electron chi connectivity index (χ2n) is 12.3. The average molecular weight is 561 g/mol. The Morgan fingerprint density at radius 1 is 1.17 bits per heavy atom. The zero-order valence-electron chi connectivity index (χ0n) is 24.2. The first-order chi connectivity index (χ1) is 20.0. The fourth-order valence-corrected chi connectivity index (χ4v) is 5.10. The summed E-state index contributed by atoms with van der Waals surface area (Å²) in [6.07, 6.45) is 9.47. The molecule has 1 atom stereocenters. The molecule has 0 spiro atoms. The van der Waals surface area contributed by atoms with Gasteiger partial charge in [0.05, 0.1) is 34.1 Å². The highest BCUT2D eigenvalue weighted by molar-refractivity contribution is 6.19. The summed E-state index contributed by atoms with van der Waals surface area (Å²) in [5, 5.41) is 24.2. The van der Waals surface area contributed by atoms with Gasteiger partial charge in [0.1, 0.15) is 19.7 Å². The molecule has 1 saturated carbocycles. The lowest BCUT2D eigenvalue weighted by molar-refractivity contribution is 0.260. The van der Waals surface area contributed by atoms with E-state index >= 15 is 0 Å². The summed E-state index contributed by atoms with van der Waals surface area (Å²) in [5.74, 6) is -0.346. The Morgan fingerprint density at radius 3 is 2.57 bits per heavy atom. The van der Waals surface area contributed by atoms with Crippen LogP contribution in [0.25, 0.3) is 22.0 Å². The minimum Gasteiger partial charge on any atom is -0.383 e. The Kier molecular flexibility index (Phi) is 6.82. The fourth-order valence-electron chi connectivity index (χ4n) is 5.10. The molecule has 1 aliphatic carbocycles. The molecule has 6 rings (SSSR count). The standard InChI is InChI=1S/C31H33BFN9/c1-30(2,3)18-36-28-19(13-34)14-35-29-25(20-15-37-41(4)16-20)11-23(12-26(28)29)38-31(32,21-5-7-22(33)8-6-21)27-17-42(40-39-27)24-9-10-24/h5-8,11-12,14-17,24,38-40H,9-10,18H2,1-4H3,(H,35,36). The largest absolute Gasteiger partial charge is 0.383 e. The Labute approximate surface area is 246 Å². The van der Waals surface area contributed by atoms with Gasteiger partial charge in [-0.2, -0.15) is 10.4 Å². The van der Waals surface area contributed by atoms with Gasteiger partial charge in [-0.3, -0.25) is 14.7 Å². The molecule has 1 fully saturated rings. The summed E-state index contributed by atoms with van der Waals surface area (Å²) in [6.45, 7) is 7.05. The molecule has 11 heteroatoms. The molecule has 1 unspecified atom stereocenters. The number of pyridine rings is 1. The van der Waals surface area contributed by atoms with Gasteiger partial charge >= 0.3 is 0 Å². The number of benzene rings is 2. The summed E-state index contributed by atoms with van der Waals surface area (Å²) in [5.41, 5.74) is 10.8. The number of aromatic nitrogens is 3. The van der Waals surface area contributed by atoms with Crippen LogP contribution in [0.1, 0.15) is 44.7 Å². The van der Waals surface area contributed by atoms with Crippen LogP contribution in [0, 0.1) is 22.6 Å². The lowest BCUT2D eigenvalue weighted by atomic mass is 9.69. The Morgan fingerprint density at radius 2 is 1.93 bits per heavy atom. The van der Waals surface area contributed by atoms with E-state index in [1.165, 1.54) is 12.1 Å². The SMILES string of the molecule is [B]C(Nc1cc(-c2cnn(C)c2)c2ncc(C#N)c(NCC(C)(C)C)c2c1)(C1=CN(C2CC2)NN1)c1ccc(F)cc1. The van der Waals surface area contributed by atoms with E-state index in [-0.39, 0.29) is 11.2 Å². The van der Waals surface area contributed by atoms with Crippen LogP contribution in [-0.4, -0.2) is 40.2 Å². The smallest absolute Gasteiger partial charge is 0.123 e. The van der Waals surface area contributed by atoms with Crippen LogP contribution < -0.4 is 21.6 Å². The monoisotopic (exact) mass is 561 g/mol. The van der Waals surface area contributed by atoms with Crippen molar-refractivity contribution in [3.8, 4) is 17.2 Å². The van der Waals surface area contributed by atoms with E-state index in [0.29, 0.717) is 40.8 Å². The molecular formula is C31H33BFN9. The number of hydrazine groups is 2. The predicted octanol–water partition coefficient (Wildman–Crippen LogP) is 4.87. The molecular weight excluding hydrogens is 528 g/mol. The highest BCUT2D eigenvalue weighted by Gasteiger charge is 2.38. The van der Waals surface area contributed by atoms with E-state index in [4.69, 9.17) is 12.8 Å². The van der Waals surface area contributed by atoms with Gasteiger partial charge in [-0.05, 0) is 48.1 Å². The Bertz CT molecular complexity index is 1710. The molecule has 212 valence electrons. The van der Waals surface area contributed by atoms with Crippen LogP contribution in [-0.2, 0) is 12.5 Å². The first-order valence-corrected chi connectivity index (χ1v) is 14.0. The van der Waals surface area contributed by atoms with Crippen LogP contribution >= 0.6 is 0 Å². The van der Waals surface area contributed by atoms with Crippen molar-refractivity contribution in [3.05, 3.63) is 83.8 Å². The molecule has 3 heterocycles. The third-order valence-electron chi connectivity index (χ3n) is 7.50. The van der Waals surface area contributed by atoms with E-state index < -0.39 is 5.44 Å². The van der Waals surface area contributed by atoms with E-state index in [2.05, 4.69) is 53.5 Å². The lowest BCUT2D eigenvalue weighted by Crippen LogP contribution is -2.45. The second kappa shape index (κ2) is 10.4. The maximum Gasteiger partial charge on any atom is 0.123 e. The molecule has 2 aliphatic rings. The molecule has 4 aromatic rings. The molecule has 0 amide bonds. The highest BCUT2D eigenvalue weighted by Crippen LogP contribution is 2.39. The molecule has 0 bridgehead atoms. The number of fused-ring (bicyclic) bond motifs is 1. The van der Waals surface area contributed by atoms with Gasteiger partial charge in [-0.1, -0.05) is 32.9 Å². The van der Waals surface area contributed by atoms with Gasteiger partial charge in [0, 0.05) is 60.4 Å². The van der Waals surface area contributed by atoms with Gasteiger partial charge in [0.25, 0.3) is 0 Å². The first kappa shape index (κ1) is 27.6. The third kappa shape index (κ3) is 5.38. The van der Waals surface area contributed by atoms with Crippen molar-refractivity contribution in [2.75, 3.05) is 17.2 Å². The molecule has 0 saturated heterocycles. The van der Waals surface area contributed by atoms with Crippen LogP contribution in [0.4, 0.5) is 15.8 Å². The Balaban J connectivity index is 1.53. The fraction of sp³-hybridized carbons (Fsp3) is 0.323. The highest BCUT2D eigenvalue weighted by atomic mass is 19.1. The van der Waals surface area contributed by atoms with Crippen molar-refractivity contribution in [1.82, 2.24) is 30.7 Å². The van der Waals surface area contributed by atoms with Crippen LogP contribution in [0.5, 0.6) is 0 Å². The van der Waals surface area contributed by atoms with E-state index in [1.807, 2.05) is 36.6 Å². The number of anilines is 2. The summed E-state index contributed by atoms with van der Waals surface area (Å²) < 4.78 is 15.7. The normalized spacial score (nSPS) is 16.5. The number of nitrogens with one attached hydrogen (secondary N) is 4. The van der Waals surface area contributed by atoms with E-state index in [9.17, 15) is 9.65 Å². The number of nitrogens with zero attached hydrogens (tertiary/aromatic N) is 5. The van der Waals surface area contributed by atoms with Gasteiger partial charge < -0.3 is 16.1 Å². The number of aryl methyl sites for hydroxylation is 1. The van der Waals surface area contributed by atoms with E-state index in [1.54, 1.807) is 29.2 Å². The van der Waals surface area contributed by atoms with Gasteiger partial charge in [0.15, 0.2) is 0 Å². The first-order valence-electron chi connectivity index (χ1n) is 14.0. The van der Waals surface area contributed by atoms with Crippen molar-refractivity contribution >= 4 is 30.1 Å². The lowest BCUT2D eigenvalue weighted by Gasteiger charge is -2.34. The van der Waals surface area contributed by atoms with Crippen LogP contribution in [0.15, 0.2) is 66.9 Å². The summed E-state index contributed by atoms with van der Waals surface area (Å²) in [7, 11) is 9.07. The maximum atomic E-state index is 14.0. The van der Waals surface area contributed by atoms with Crippen molar-refractivity contribution in [2.45, 2.75) is 45.1 Å². The number of nitriles is 1. The van der Waals surface area contributed by atoms with Crippen molar-refractivity contribution < 1.29 is 4.39 Å². The Hall–Kier alpha value is -4.56. The molecule has 2 aromatic heterocycles. The van der Waals surface area contributed by atoms with Gasteiger partial charge in [-0.15, -0.1) is 5.53 Å². The van der Waals surface area contributed by atoms with Gasteiger partial charge in [0.2, 0.25) is 0 Å². The quantitative estimate of drug-likeness (QED) is 0.226. The summed E-state index contributed by atoms with van der Waals surface area (Å²) in [4.78, 5) is 4.72. The number of hydrogen-bond acceptors (Lipinski definition) is 8. The zero-order valence-corrected chi connectivity index (χ0v) is 24.2. The number of halogens is 1. The topological polar surface area (TPSA) is 106 Å². The minimum atomic E-state index is -1.26. The van der Waals surface area contributed by atoms with Gasteiger partial charge in [-0.25, -0.2) is 4.39 Å². The molecule has 42 heavy (non-hydrogen) atoms. The number of rotatable bonds is 8. The van der Waals surface area contributed by atoms with Crippen molar-refractivity contribution in [2.24, 2.45) is 12.5 Å². The zero-order chi connectivity index (χ0) is 29.6. The summed E-state index contributed by atoms with van der Waals surface area (Å²) >= 11 is 0. The molecule has 2 aromatic carbocycles. The van der Waals surface area contributed by atoms with Crippen molar-refractivity contribution in [1.29, 1.82) is 5.26 Å². The van der Waals surface area contributed by atoms with Crippen molar-refractivity contribution in [3.63, 3.8) is 0 Å². The summed E-state index contributed by atoms with van der Waals surface area (Å²) in [6, 6.07) is 12.8. The maximum absolute atomic E-state index is 14.0. The number of hydrogen-bond donors (Lipinski definition) is 4. The van der Waals surface area contributed by atoms with Crippen LogP contribution in [0.2, 0.25) is 0 Å². The third-order valence-corrected chi connectivity index (χ3v) is 7.50. The minimum absolute atomic E-state index is 0.0274. The van der Waals surface area contributed by atoms with Crippen LogP contribution in [0.3, 0.4) is 0 Å². The average Bonchev–Trinajstić information content (AvgIpc) is 3.51. The second-order valence-corrected chi connectivity index (χ2v) is 12.3. The molecule has 2 radical (unpaired) electrons.